The molecule has 0 spiro atoms. The first-order chi connectivity index (χ1) is 14.4. The highest BCUT2D eigenvalue weighted by molar-refractivity contribution is 14.1. The predicted molar refractivity (Wildman–Crippen MR) is 130 cm³/mol. The van der Waals surface area contributed by atoms with E-state index >= 15 is 0 Å². The minimum absolute atomic E-state index is 0.0369. The second-order valence-corrected chi connectivity index (χ2v) is 8.80. The van der Waals surface area contributed by atoms with Crippen LogP contribution in [0, 0.1) is 3.57 Å². The Morgan fingerprint density at radius 1 is 1.23 bits per heavy atom. The number of hydrogen-bond acceptors (Lipinski definition) is 6. The maximum absolute atomic E-state index is 12.4. The molecule has 2 aromatic rings. The van der Waals surface area contributed by atoms with Gasteiger partial charge < -0.3 is 19.5 Å². The molecule has 1 aliphatic rings. The summed E-state index contributed by atoms with van der Waals surface area (Å²) in [5.74, 6) is 1.97. The second kappa shape index (κ2) is 10.2. The van der Waals surface area contributed by atoms with Crippen molar-refractivity contribution in [3.05, 3.63) is 50.4 Å². The van der Waals surface area contributed by atoms with E-state index in [1.807, 2.05) is 63.2 Å². The number of nitrogens with one attached hydrogen (secondary N) is 1. The number of carbonyl (C=O) groups excluding carboxylic acids is 1. The van der Waals surface area contributed by atoms with Gasteiger partial charge in [0.05, 0.1) is 34.0 Å². The van der Waals surface area contributed by atoms with Gasteiger partial charge in [0, 0.05) is 0 Å². The van der Waals surface area contributed by atoms with Gasteiger partial charge in [0.2, 0.25) is 0 Å². The molecule has 0 bridgehead atoms. The Balaban J connectivity index is 1.85. The van der Waals surface area contributed by atoms with Gasteiger partial charge in [0.25, 0.3) is 5.91 Å². The molecule has 0 atom stereocenters. The molecule has 1 amide bonds. The first-order valence-corrected chi connectivity index (χ1v) is 11.4. The topological polar surface area (TPSA) is 69.2 Å². The lowest BCUT2D eigenvalue weighted by Crippen LogP contribution is -2.19. The molecule has 30 heavy (non-hydrogen) atoms. The fourth-order valence-corrected chi connectivity index (χ4v) is 4.28. The summed E-state index contributed by atoms with van der Waals surface area (Å²) < 4.78 is 17.8. The van der Waals surface area contributed by atoms with Crippen LogP contribution in [0.25, 0.3) is 6.08 Å². The van der Waals surface area contributed by atoms with Gasteiger partial charge in [-0.2, -0.15) is 0 Å². The number of ether oxygens (including phenoxy) is 3. The monoisotopic (exact) mass is 538 g/mol. The summed E-state index contributed by atoms with van der Waals surface area (Å²) in [7, 11) is 1.62. The zero-order chi connectivity index (χ0) is 21.7. The van der Waals surface area contributed by atoms with E-state index in [4.69, 9.17) is 14.2 Å². The average molecular weight is 538 g/mol. The van der Waals surface area contributed by atoms with Crippen LogP contribution in [0.1, 0.15) is 26.3 Å². The summed E-state index contributed by atoms with van der Waals surface area (Å²) in [6.07, 6.45) is 1.87. The van der Waals surface area contributed by atoms with Crippen LogP contribution in [0.4, 0.5) is 5.69 Å². The van der Waals surface area contributed by atoms with Gasteiger partial charge in [0.15, 0.2) is 16.7 Å². The van der Waals surface area contributed by atoms with E-state index in [1.165, 1.54) is 11.8 Å². The van der Waals surface area contributed by atoms with Crippen LogP contribution >= 0.6 is 34.4 Å². The zero-order valence-electron chi connectivity index (χ0n) is 17.2. The van der Waals surface area contributed by atoms with Crippen LogP contribution in [0.2, 0.25) is 0 Å². The van der Waals surface area contributed by atoms with Crippen LogP contribution < -0.4 is 19.5 Å². The van der Waals surface area contributed by atoms with Gasteiger partial charge in [-0.15, -0.1) is 0 Å². The Bertz CT molecular complexity index is 987. The van der Waals surface area contributed by atoms with Crippen LogP contribution in [0.5, 0.6) is 17.2 Å². The fourth-order valence-electron chi connectivity index (χ4n) is 2.69. The number of aliphatic imine (C=N–C) groups is 1. The summed E-state index contributed by atoms with van der Waals surface area (Å²) in [5, 5.41) is 3.35. The Morgan fingerprint density at radius 3 is 2.60 bits per heavy atom. The molecule has 1 aliphatic heterocycles. The second-order valence-electron chi connectivity index (χ2n) is 6.61. The Labute approximate surface area is 194 Å². The van der Waals surface area contributed by atoms with Crippen molar-refractivity contribution in [2.75, 3.05) is 13.7 Å². The summed E-state index contributed by atoms with van der Waals surface area (Å²) in [4.78, 5) is 17.5. The lowest BCUT2D eigenvalue weighted by molar-refractivity contribution is -0.115. The number of amides is 1. The van der Waals surface area contributed by atoms with Crippen molar-refractivity contribution in [2.45, 2.75) is 26.9 Å². The summed E-state index contributed by atoms with van der Waals surface area (Å²) in [6, 6.07) is 11.2. The van der Waals surface area contributed by atoms with Gasteiger partial charge in [-0.3, -0.25) is 4.79 Å². The summed E-state index contributed by atoms with van der Waals surface area (Å²) in [5.41, 5.74) is 1.60. The van der Waals surface area contributed by atoms with E-state index in [1.54, 1.807) is 7.11 Å². The van der Waals surface area contributed by atoms with Crippen LogP contribution in [0.3, 0.4) is 0 Å². The molecule has 1 fully saturated rings. The maximum Gasteiger partial charge on any atom is 0.264 e. The van der Waals surface area contributed by atoms with Gasteiger partial charge in [-0.1, -0.05) is 0 Å². The molecule has 6 nitrogen and oxygen atoms in total. The van der Waals surface area contributed by atoms with E-state index in [0.29, 0.717) is 22.4 Å². The minimum Gasteiger partial charge on any atom is -0.497 e. The largest absolute Gasteiger partial charge is 0.497 e. The van der Waals surface area contributed by atoms with E-state index < -0.39 is 0 Å². The zero-order valence-corrected chi connectivity index (χ0v) is 20.2. The molecular weight excluding hydrogens is 515 g/mol. The highest BCUT2D eigenvalue weighted by Crippen LogP contribution is 2.37. The number of benzene rings is 2. The quantitative estimate of drug-likeness (QED) is 0.379. The van der Waals surface area contributed by atoms with Crippen LogP contribution in [-0.4, -0.2) is 30.9 Å². The smallest absolute Gasteiger partial charge is 0.264 e. The number of carbonyl (C=O) groups is 1. The van der Waals surface area contributed by atoms with Gasteiger partial charge in [-0.05, 0) is 103 Å². The van der Waals surface area contributed by atoms with Crippen molar-refractivity contribution < 1.29 is 19.0 Å². The molecule has 0 aromatic heterocycles. The third-order valence-electron chi connectivity index (χ3n) is 3.94. The number of amidine groups is 1. The van der Waals surface area contributed by atoms with Crippen molar-refractivity contribution in [2.24, 2.45) is 4.99 Å². The predicted octanol–water partition coefficient (Wildman–Crippen LogP) is 5.38. The third-order valence-corrected chi connectivity index (χ3v) is 5.65. The molecule has 0 radical (unpaired) electrons. The first-order valence-electron chi connectivity index (χ1n) is 9.46. The Kier molecular flexibility index (Phi) is 7.65. The molecule has 1 saturated heterocycles. The highest BCUT2D eigenvalue weighted by Gasteiger charge is 2.24. The number of halogens is 1. The lowest BCUT2D eigenvalue weighted by atomic mass is 10.2. The molecule has 0 unspecified atom stereocenters. The lowest BCUT2D eigenvalue weighted by Gasteiger charge is -2.17. The molecule has 1 heterocycles. The van der Waals surface area contributed by atoms with Crippen LogP contribution in [-0.2, 0) is 4.79 Å². The van der Waals surface area contributed by atoms with E-state index in [0.717, 1.165) is 26.3 Å². The third kappa shape index (κ3) is 5.69. The van der Waals surface area contributed by atoms with E-state index in [2.05, 4.69) is 32.9 Å². The molecule has 158 valence electrons. The van der Waals surface area contributed by atoms with Gasteiger partial charge in [0.1, 0.15) is 5.75 Å². The van der Waals surface area contributed by atoms with Gasteiger partial charge >= 0.3 is 0 Å². The molecule has 8 heteroatoms. The molecule has 0 saturated carbocycles. The SMILES string of the molecule is CCOc1cc(/C=C2/SC(=Nc3ccc(OC)cc3)NC2=O)cc(I)c1OC(C)C. The van der Waals surface area contributed by atoms with Crippen molar-refractivity contribution in [1.82, 2.24) is 5.32 Å². The van der Waals surface area contributed by atoms with E-state index in [9.17, 15) is 4.79 Å². The maximum atomic E-state index is 12.4. The molecule has 0 aliphatic carbocycles. The number of thioether (sulfide) groups is 1. The number of methoxy groups -OCH3 is 1. The molecular formula is C22H23IN2O4S. The van der Waals surface area contributed by atoms with Crippen molar-refractivity contribution in [3.8, 4) is 17.2 Å². The number of nitrogens with zero attached hydrogens (tertiary/aromatic N) is 1. The summed E-state index contributed by atoms with van der Waals surface area (Å²) in [6.45, 7) is 6.41. The molecule has 1 N–H and O–H groups in total. The van der Waals surface area contributed by atoms with Crippen molar-refractivity contribution in [3.63, 3.8) is 0 Å². The average Bonchev–Trinajstić information content (AvgIpc) is 3.04. The number of rotatable bonds is 7. The van der Waals surface area contributed by atoms with E-state index in [-0.39, 0.29) is 12.0 Å². The minimum atomic E-state index is -0.178. The summed E-state index contributed by atoms with van der Waals surface area (Å²) >= 11 is 3.53. The Hall–Kier alpha value is -2.20. The highest BCUT2D eigenvalue weighted by atomic mass is 127. The van der Waals surface area contributed by atoms with Crippen LogP contribution in [0.15, 0.2) is 46.3 Å². The first kappa shape index (κ1) is 22.5. The molecule has 2 aromatic carbocycles. The number of hydrogen-bond donors (Lipinski definition) is 1. The van der Waals surface area contributed by atoms with Crippen molar-refractivity contribution in [1.29, 1.82) is 0 Å². The normalized spacial score (nSPS) is 16.3. The Morgan fingerprint density at radius 2 is 1.97 bits per heavy atom. The van der Waals surface area contributed by atoms with Gasteiger partial charge in [-0.25, -0.2) is 4.99 Å². The molecule has 3 rings (SSSR count). The fraction of sp³-hybridized carbons (Fsp3) is 0.273. The van der Waals surface area contributed by atoms with Crippen molar-refractivity contribution >= 4 is 57.2 Å². The standard InChI is InChI=1S/C22H23IN2O4S/c1-5-28-18-11-14(10-17(23)20(18)29-13(2)3)12-19-21(26)25-22(30-19)24-15-6-8-16(27-4)9-7-15/h6-13H,5H2,1-4H3,(H,24,25,26)/b19-12+.